The predicted octanol–water partition coefficient (Wildman–Crippen LogP) is 3.99. The Labute approximate surface area is 122 Å². The highest BCUT2D eigenvalue weighted by molar-refractivity contribution is 5.22. The van der Waals surface area contributed by atoms with Gasteiger partial charge in [0.15, 0.2) is 0 Å². The molecule has 0 aliphatic carbocycles. The van der Waals surface area contributed by atoms with E-state index in [1.165, 1.54) is 17.5 Å². The second-order valence-electron chi connectivity index (χ2n) is 5.55. The van der Waals surface area contributed by atoms with Crippen LogP contribution in [0.3, 0.4) is 0 Å². The summed E-state index contributed by atoms with van der Waals surface area (Å²) in [6.07, 6.45) is 5.03. The predicted molar refractivity (Wildman–Crippen MR) is 83.9 cm³/mol. The van der Waals surface area contributed by atoms with Crippen molar-refractivity contribution in [3.05, 3.63) is 59.5 Å². The van der Waals surface area contributed by atoms with E-state index in [-0.39, 0.29) is 0 Å². The minimum absolute atomic E-state index is 0.578. The minimum Gasteiger partial charge on any atom is -0.469 e. The summed E-state index contributed by atoms with van der Waals surface area (Å²) in [6.45, 7) is 6.49. The summed E-state index contributed by atoms with van der Waals surface area (Å²) in [7, 11) is 0. The second kappa shape index (κ2) is 7.91. The van der Waals surface area contributed by atoms with Crippen molar-refractivity contribution < 1.29 is 4.42 Å². The van der Waals surface area contributed by atoms with Crippen molar-refractivity contribution in [3.8, 4) is 0 Å². The molecule has 1 heterocycles. The van der Waals surface area contributed by atoms with Gasteiger partial charge in [-0.3, -0.25) is 0 Å². The van der Waals surface area contributed by atoms with E-state index in [2.05, 4.69) is 49.5 Å². The molecule has 0 saturated heterocycles. The molecule has 0 aliphatic heterocycles. The zero-order chi connectivity index (χ0) is 14.2. The fourth-order valence-electron chi connectivity index (χ4n) is 2.59. The molecule has 2 rings (SSSR count). The van der Waals surface area contributed by atoms with Crippen LogP contribution < -0.4 is 5.32 Å². The molecule has 0 fully saturated rings. The quantitative estimate of drug-likeness (QED) is 0.734. The van der Waals surface area contributed by atoms with Crippen LogP contribution in [0.25, 0.3) is 0 Å². The third-order valence-electron chi connectivity index (χ3n) is 3.54. The first kappa shape index (κ1) is 14.9. The van der Waals surface area contributed by atoms with Crippen LogP contribution in [0, 0.1) is 12.8 Å². The van der Waals surface area contributed by atoms with Crippen molar-refractivity contribution in [1.29, 1.82) is 0 Å². The van der Waals surface area contributed by atoms with Gasteiger partial charge in [-0.2, -0.15) is 0 Å². The maximum Gasteiger partial charge on any atom is 0.104 e. The molecule has 0 aliphatic rings. The summed E-state index contributed by atoms with van der Waals surface area (Å²) in [6, 6.07) is 12.9. The molecule has 1 atom stereocenters. The van der Waals surface area contributed by atoms with Crippen molar-refractivity contribution in [1.82, 2.24) is 5.32 Å². The zero-order valence-corrected chi connectivity index (χ0v) is 12.6. The molecule has 0 spiro atoms. The van der Waals surface area contributed by atoms with E-state index in [0.29, 0.717) is 5.92 Å². The highest BCUT2D eigenvalue weighted by Crippen LogP contribution is 2.16. The number of aryl methyl sites for hydroxylation is 1. The number of hydrogen-bond donors (Lipinski definition) is 1. The third kappa shape index (κ3) is 4.86. The van der Waals surface area contributed by atoms with Crippen LogP contribution >= 0.6 is 0 Å². The van der Waals surface area contributed by atoms with Crippen LogP contribution in [0.4, 0.5) is 0 Å². The highest BCUT2D eigenvalue weighted by atomic mass is 16.3. The largest absolute Gasteiger partial charge is 0.469 e. The average molecular weight is 271 g/mol. The lowest BCUT2D eigenvalue weighted by molar-refractivity contribution is 0.415. The smallest absolute Gasteiger partial charge is 0.104 e. The van der Waals surface area contributed by atoms with Crippen molar-refractivity contribution in [2.75, 3.05) is 13.1 Å². The van der Waals surface area contributed by atoms with Gasteiger partial charge >= 0.3 is 0 Å². The van der Waals surface area contributed by atoms with Gasteiger partial charge in [-0.15, -0.1) is 0 Å². The Morgan fingerprint density at radius 1 is 1.15 bits per heavy atom. The van der Waals surface area contributed by atoms with Gasteiger partial charge in [0.1, 0.15) is 5.76 Å². The number of rotatable bonds is 8. The molecule has 1 N–H and O–H groups in total. The summed E-state index contributed by atoms with van der Waals surface area (Å²) in [5.41, 5.74) is 2.75. The Balaban J connectivity index is 1.97. The molecule has 20 heavy (non-hydrogen) atoms. The van der Waals surface area contributed by atoms with E-state index in [4.69, 9.17) is 4.42 Å². The van der Waals surface area contributed by atoms with E-state index >= 15 is 0 Å². The van der Waals surface area contributed by atoms with Gasteiger partial charge in [0, 0.05) is 6.42 Å². The molecule has 0 saturated carbocycles. The van der Waals surface area contributed by atoms with E-state index in [9.17, 15) is 0 Å². The molecule has 0 amide bonds. The lowest BCUT2D eigenvalue weighted by atomic mass is 9.94. The standard InChI is InChI=1S/C18H25NO/c1-3-9-19-14-17(13-18-8-5-10-20-18)12-16-7-4-6-15(2)11-16/h4-8,10-11,17,19H,3,9,12-14H2,1-2H3. The monoisotopic (exact) mass is 271 g/mol. The molecule has 1 unspecified atom stereocenters. The fraction of sp³-hybridized carbons (Fsp3) is 0.444. The lowest BCUT2D eigenvalue weighted by Crippen LogP contribution is -2.26. The van der Waals surface area contributed by atoms with E-state index in [0.717, 1.165) is 31.7 Å². The van der Waals surface area contributed by atoms with Gasteiger partial charge in [0.2, 0.25) is 0 Å². The van der Waals surface area contributed by atoms with Crippen molar-refractivity contribution in [2.45, 2.75) is 33.1 Å². The van der Waals surface area contributed by atoms with Crippen LogP contribution in [0.15, 0.2) is 47.1 Å². The number of furan rings is 1. The third-order valence-corrected chi connectivity index (χ3v) is 3.54. The maximum atomic E-state index is 5.50. The van der Waals surface area contributed by atoms with Crippen LogP contribution in [0.1, 0.15) is 30.2 Å². The normalized spacial score (nSPS) is 12.5. The molecular formula is C18H25NO. The first-order valence-corrected chi connectivity index (χ1v) is 7.56. The van der Waals surface area contributed by atoms with Crippen molar-refractivity contribution in [3.63, 3.8) is 0 Å². The van der Waals surface area contributed by atoms with Gasteiger partial charge in [-0.05, 0) is 56.5 Å². The molecular weight excluding hydrogens is 246 g/mol. The maximum absolute atomic E-state index is 5.50. The molecule has 2 heteroatoms. The van der Waals surface area contributed by atoms with E-state index < -0.39 is 0 Å². The summed E-state index contributed by atoms with van der Waals surface area (Å²) >= 11 is 0. The first-order chi connectivity index (χ1) is 9.78. The van der Waals surface area contributed by atoms with Crippen LogP contribution in [-0.4, -0.2) is 13.1 Å². The van der Waals surface area contributed by atoms with Crippen molar-refractivity contribution in [2.24, 2.45) is 5.92 Å². The Kier molecular flexibility index (Phi) is 5.87. The molecule has 0 bridgehead atoms. The first-order valence-electron chi connectivity index (χ1n) is 7.56. The summed E-state index contributed by atoms with van der Waals surface area (Å²) in [5, 5.41) is 3.54. The van der Waals surface area contributed by atoms with Crippen LogP contribution in [0.5, 0.6) is 0 Å². The zero-order valence-electron chi connectivity index (χ0n) is 12.6. The molecule has 1 aromatic carbocycles. The number of benzene rings is 1. The molecule has 108 valence electrons. The molecule has 2 aromatic rings. The van der Waals surface area contributed by atoms with E-state index in [1.807, 2.05) is 6.07 Å². The Morgan fingerprint density at radius 2 is 2.05 bits per heavy atom. The molecule has 1 aromatic heterocycles. The lowest BCUT2D eigenvalue weighted by Gasteiger charge is -2.17. The van der Waals surface area contributed by atoms with Gasteiger partial charge in [-0.25, -0.2) is 0 Å². The Hall–Kier alpha value is -1.54. The van der Waals surface area contributed by atoms with Gasteiger partial charge in [-0.1, -0.05) is 36.8 Å². The SMILES string of the molecule is CCCNCC(Cc1cccc(C)c1)Cc1ccco1. The molecule has 0 radical (unpaired) electrons. The van der Waals surface area contributed by atoms with Crippen LogP contribution in [-0.2, 0) is 12.8 Å². The van der Waals surface area contributed by atoms with Gasteiger partial charge in [0.25, 0.3) is 0 Å². The average Bonchev–Trinajstić information content (AvgIpc) is 2.92. The second-order valence-corrected chi connectivity index (χ2v) is 5.55. The summed E-state index contributed by atoms with van der Waals surface area (Å²) < 4.78 is 5.50. The number of hydrogen-bond acceptors (Lipinski definition) is 2. The van der Waals surface area contributed by atoms with Crippen molar-refractivity contribution >= 4 is 0 Å². The minimum atomic E-state index is 0.578. The summed E-state index contributed by atoms with van der Waals surface area (Å²) in [5.74, 6) is 1.66. The van der Waals surface area contributed by atoms with Crippen LogP contribution in [0.2, 0.25) is 0 Å². The highest BCUT2D eigenvalue weighted by Gasteiger charge is 2.12. The Morgan fingerprint density at radius 3 is 2.75 bits per heavy atom. The topological polar surface area (TPSA) is 25.2 Å². The fourth-order valence-corrected chi connectivity index (χ4v) is 2.59. The van der Waals surface area contributed by atoms with Gasteiger partial charge < -0.3 is 9.73 Å². The molecule has 2 nitrogen and oxygen atoms in total. The number of nitrogens with one attached hydrogen (secondary N) is 1. The van der Waals surface area contributed by atoms with E-state index in [1.54, 1.807) is 6.26 Å². The van der Waals surface area contributed by atoms with Gasteiger partial charge in [0.05, 0.1) is 6.26 Å². The summed E-state index contributed by atoms with van der Waals surface area (Å²) in [4.78, 5) is 0. The Bertz CT molecular complexity index is 490.